The van der Waals surface area contributed by atoms with Gasteiger partial charge in [0.15, 0.2) is 0 Å². The molecule has 0 spiro atoms. The van der Waals surface area contributed by atoms with Gasteiger partial charge in [-0.1, -0.05) is 42.5 Å². The first-order valence-electron chi connectivity index (χ1n) is 10.5. The lowest BCUT2D eigenvalue weighted by Gasteiger charge is -2.29. The van der Waals surface area contributed by atoms with Gasteiger partial charge in [0.2, 0.25) is 5.91 Å². The van der Waals surface area contributed by atoms with Crippen LogP contribution in [0.2, 0.25) is 0 Å². The number of anilines is 2. The van der Waals surface area contributed by atoms with Crippen molar-refractivity contribution in [1.29, 1.82) is 0 Å². The lowest BCUT2D eigenvalue weighted by Crippen LogP contribution is -2.45. The van der Waals surface area contributed by atoms with Gasteiger partial charge in [-0.25, -0.2) is 8.42 Å². The Morgan fingerprint density at radius 1 is 1.06 bits per heavy atom. The number of nitrogens with zero attached hydrogens (tertiary/aromatic N) is 2. The van der Waals surface area contributed by atoms with E-state index in [1.54, 1.807) is 35.2 Å². The summed E-state index contributed by atoms with van der Waals surface area (Å²) < 4.78 is 34.0. The minimum Gasteiger partial charge on any atom is -0.495 e. The number of aryl methyl sites for hydroxylation is 1. The number of sulfonamides is 1. The van der Waals surface area contributed by atoms with Crippen molar-refractivity contribution in [2.45, 2.75) is 31.2 Å². The highest BCUT2D eigenvalue weighted by atomic mass is 32.2. The minimum absolute atomic E-state index is 0.0550. The number of fused-ring (bicyclic) bond motifs is 1. The highest BCUT2D eigenvalue weighted by Crippen LogP contribution is 2.36. The molecule has 0 radical (unpaired) electrons. The first kappa shape index (κ1) is 21.9. The smallest absolute Gasteiger partial charge is 0.264 e. The maximum Gasteiger partial charge on any atom is 0.264 e. The third kappa shape index (κ3) is 3.96. The quantitative estimate of drug-likeness (QED) is 0.565. The summed E-state index contributed by atoms with van der Waals surface area (Å²) in [6.45, 7) is 3.51. The number of rotatable bonds is 6. The van der Waals surface area contributed by atoms with E-state index in [1.807, 2.05) is 44.2 Å². The molecule has 3 aromatic rings. The van der Waals surface area contributed by atoms with Gasteiger partial charge < -0.3 is 9.64 Å². The highest BCUT2D eigenvalue weighted by Gasteiger charge is 2.35. The Labute approximate surface area is 189 Å². The molecule has 1 atom stereocenters. The van der Waals surface area contributed by atoms with E-state index in [1.165, 1.54) is 19.2 Å². The molecule has 0 fully saturated rings. The van der Waals surface area contributed by atoms with Crippen molar-refractivity contribution in [1.82, 2.24) is 0 Å². The number of ether oxygens (including phenoxy) is 1. The summed E-state index contributed by atoms with van der Waals surface area (Å²) in [4.78, 5) is 15.4. The molecule has 1 aliphatic rings. The second kappa shape index (κ2) is 8.67. The average molecular weight is 451 g/mol. The van der Waals surface area contributed by atoms with Crippen LogP contribution in [-0.2, 0) is 21.2 Å². The molecule has 1 amide bonds. The monoisotopic (exact) mass is 450 g/mol. The Morgan fingerprint density at radius 2 is 1.75 bits per heavy atom. The molecule has 1 heterocycles. The molecule has 4 rings (SSSR count). The van der Waals surface area contributed by atoms with Crippen LogP contribution in [0.15, 0.2) is 77.7 Å². The molecular weight excluding hydrogens is 424 g/mol. The van der Waals surface area contributed by atoms with Gasteiger partial charge >= 0.3 is 0 Å². The number of benzene rings is 3. The normalized spacial score (nSPS) is 15.3. The fourth-order valence-electron chi connectivity index (χ4n) is 4.16. The molecule has 0 bridgehead atoms. The fourth-order valence-corrected chi connectivity index (χ4v) is 5.60. The molecular formula is C25H26N2O4S. The van der Waals surface area contributed by atoms with E-state index in [0.29, 0.717) is 11.4 Å². The Kier molecular flexibility index (Phi) is 5.93. The predicted molar refractivity (Wildman–Crippen MR) is 126 cm³/mol. The van der Waals surface area contributed by atoms with E-state index in [-0.39, 0.29) is 23.4 Å². The number of carbonyl (C=O) groups excluding carboxylic acids is 1. The van der Waals surface area contributed by atoms with E-state index in [4.69, 9.17) is 4.74 Å². The number of hydrogen-bond acceptors (Lipinski definition) is 4. The van der Waals surface area contributed by atoms with Crippen molar-refractivity contribution in [2.75, 3.05) is 22.9 Å². The summed E-state index contributed by atoms with van der Waals surface area (Å²) >= 11 is 0. The van der Waals surface area contributed by atoms with E-state index in [2.05, 4.69) is 0 Å². The van der Waals surface area contributed by atoms with Crippen LogP contribution >= 0.6 is 0 Å². The van der Waals surface area contributed by atoms with Gasteiger partial charge in [0, 0.05) is 11.7 Å². The molecule has 0 saturated carbocycles. The molecule has 6 nitrogen and oxygen atoms in total. The summed E-state index contributed by atoms with van der Waals surface area (Å²) in [7, 11) is -2.53. The van der Waals surface area contributed by atoms with Crippen LogP contribution in [-0.4, -0.2) is 34.0 Å². The Hall–Kier alpha value is -3.32. The lowest BCUT2D eigenvalue weighted by molar-refractivity contribution is -0.117. The number of methoxy groups -OCH3 is 1. The molecule has 32 heavy (non-hydrogen) atoms. The SMILES string of the molecule is COc1ccc(C)cc1N(CC(=O)N1c2ccccc2C[C@@H]1C)S(=O)(=O)c1ccccc1. The third-order valence-electron chi connectivity index (χ3n) is 5.69. The molecule has 7 heteroatoms. The molecule has 0 aliphatic carbocycles. The third-order valence-corrected chi connectivity index (χ3v) is 7.46. The van der Waals surface area contributed by atoms with Crippen LogP contribution in [0.3, 0.4) is 0 Å². The maximum atomic E-state index is 13.7. The standard InChI is InChI=1S/C25H26N2O4S/c1-18-13-14-24(31-3)23(15-18)26(32(29,30)21-10-5-4-6-11-21)17-25(28)27-19(2)16-20-9-7-8-12-22(20)27/h4-15,19H,16-17H2,1-3H3/t19-/m0/s1. The van der Waals surface area contributed by atoms with Crippen LogP contribution in [0.4, 0.5) is 11.4 Å². The summed E-state index contributed by atoms with van der Waals surface area (Å²) in [6.07, 6.45) is 0.737. The van der Waals surface area contributed by atoms with Gasteiger partial charge in [0.05, 0.1) is 17.7 Å². The number of para-hydroxylation sites is 1. The van der Waals surface area contributed by atoms with Gasteiger partial charge in [-0.05, 0) is 61.7 Å². The van der Waals surface area contributed by atoms with Gasteiger partial charge in [0.25, 0.3) is 10.0 Å². The van der Waals surface area contributed by atoms with Crippen LogP contribution in [0, 0.1) is 6.92 Å². The Balaban J connectivity index is 1.79. The van der Waals surface area contributed by atoms with Crippen molar-refractivity contribution in [2.24, 2.45) is 0 Å². The average Bonchev–Trinajstić information content (AvgIpc) is 3.13. The fraction of sp³-hybridized carbons (Fsp3) is 0.240. The summed E-state index contributed by atoms with van der Waals surface area (Å²) in [5, 5.41) is 0. The Bertz CT molecular complexity index is 1240. The van der Waals surface area contributed by atoms with Crippen LogP contribution in [0.5, 0.6) is 5.75 Å². The first-order chi connectivity index (χ1) is 15.3. The van der Waals surface area contributed by atoms with Crippen LogP contribution < -0.4 is 13.9 Å². The van der Waals surface area contributed by atoms with Crippen LogP contribution in [0.1, 0.15) is 18.1 Å². The topological polar surface area (TPSA) is 66.9 Å². The lowest BCUT2D eigenvalue weighted by atomic mass is 10.1. The number of amides is 1. The summed E-state index contributed by atoms with van der Waals surface area (Å²) in [5.41, 5.74) is 3.11. The molecule has 166 valence electrons. The second-order valence-electron chi connectivity index (χ2n) is 7.95. The van der Waals surface area contributed by atoms with Gasteiger partial charge in [0.1, 0.15) is 12.3 Å². The zero-order valence-electron chi connectivity index (χ0n) is 18.4. The van der Waals surface area contributed by atoms with Crippen LogP contribution in [0.25, 0.3) is 0 Å². The molecule has 3 aromatic carbocycles. The van der Waals surface area contributed by atoms with Crippen molar-refractivity contribution in [3.63, 3.8) is 0 Å². The van der Waals surface area contributed by atoms with Gasteiger partial charge in [-0.3, -0.25) is 9.10 Å². The summed E-state index contributed by atoms with van der Waals surface area (Å²) in [6, 6.07) is 21.1. The predicted octanol–water partition coefficient (Wildman–Crippen LogP) is 4.18. The maximum absolute atomic E-state index is 13.7. The van der Waals surface area contributed by atoms with E-state index in [9.17, 15) is 13.2 Å². The van der Waals surface area contributed by atoms with E-state index >= 15 is 0 Å². The molecule has 0 unspecified atom stereocenters. The second-order valence-corrected chi connectivity index (χ2v) is 9.81. The number of carbonyl (C=O) groups is 1. The van der Waals surface area contributed by atoms with Crippen molar-refractivity contribution < 1.29 is 17.9 Å². The van der Waals surface area contributed by atoms with Crippen molar-refractivity contribution >= 4 is 27.3 Å². The number of hydrogen-bond donors (Lipinski definition) is 0. The van der Waals surface area contributed by atoms with E-state index < -0.39 is 10.0 Å². The summed E-state index contributed by atoms with van der Waals surface area (Å²) in [5.74, 6) is 0.100. The zero-order valence-corrected chi connectivity index (χ0v) is 19.2. The molecule has 0 aromatic heterocycles. The molecule has 1 aliphatic heterocycles. The molecule has 0 N–H and O–H groups in total. The Morgan fingerprint density at radius 3 is 2.47 bits per heavy atom. The first-order valence-corrected chi connectivity index (χ1v) is 11.9. The minimum atomic E-state index is -4.02. The van der Waals surface area contributed by atoms with Crippen molar-refractivity contribution in [3.05, 3.63) is 83.9 Å². The van der Waals surface area contributed by atoms with Gasteiger partial charge in [-0.2, -0.15) is 0 Å². The largest absolute Gasteiger partial charge is 0.495 e. The molecule has 0 saturated heterocycles. The van der Waals surface area contributed by atoms with E-state index in [0.717, 1.165) is 27.5 Å². The van der Waals surface area contributed by atoms with Crippen molar-refractivity contribution in [3.8, 4) is 5.75 Å². The highest BCUT2D eigenvalue weighted by molar-refractivity contribution is 7.92. The van der Waals surface area contributed by atoms with Gasteiger partial charge in [-0.15, -0.1) is 0 Å². The zero-order chi connectivity index (χ0) is 22.9.